The first-order valence-corrected chi connectivity index (χ1v) is 9.06. The Morgan fingerprint density at radius 1 is 1.08 bits per heavy atom. The van der Waals surface area contributed by atoms with Crippen LogP contribution in [0.1, 0.15) is 12.0 Å². The molecular formula is C17H17ClN2O3S. The number of carbonyl (C=O) groups is 1. The van der Waals surface area contributed by atoms with Crippen molar-refractivity contribution in [1.29, 1.82) is 0 Å². The number of amides is 1. The number of nitrogens with two attached hydrogens (primary N) is 1. The molecule has 0 aromatic heterocycles. The quantitative estimate of drug-likeness (QED) is 0.819. The molecule has 1 amide bonds. The summed E-state index contributed by atoms with van der Waals surface area (Å²) in [6.07, 6.45) is 1.41. The van der Waals surface area contributed by atoms with Crippen LogP contribution in [-0.4, -0.2) is 20.9 Å². The van der Waals surface area contributed by atoms with E-state index in [4.69, 9.17) is 17.3 Å². The molecule has 0 spiro atoms. The molecule has 24 heavy (non-hydrogen) atoms. The molecule has 2 N–H and O–H groups in total. The monoisotopic (exact) mass is 364 g/mol. The van der Waals surface area contributed by atoms with E-state index in [1.807, 2.05) is 0 Å². The normalized spacial score (nSPS) is 11.5. The van der Waals surface area contributed by atoms with E-state index in [9.17, 15) is 13.2 Å². The lowest BCUT2D eigenvalue weighted by atomic mass is 10.2. The van der Waals surface area contributed by atoms with Crippen LogP contribution in [0.25, 0.3) is 6.08 Å². The van der Waals surface area contributed by atoms with Crippen molar-refractivity contribution in [3.63, 3.8) is 0 Å². The van der Waals surface area contributed by atoms with Crippen LogP contribution in [0, 0.1) is 0 Å². The van der Waals surface area contributed by atoms with Crippen molar-refractivity contribution in [3.05, 3.63) is 70.6 Å². The highest BCUT2D eigenvalue weighted by Gasteiger charge is 2.20. The third-order valence-electron chi connectivity index (χ3n) is 3.22. The van der Waals surface area contributed by atoms with E-state index in [-0.39, 0.29) is 13.0 Å². The second kappa shape index (κ2) is 7.99. The van der Waals surface area contributed by atoms with Gasteiger partial charge in [-0.15, -0.1) is 0 Å². The molecule has 2 aromatic carbocycles. The third-order valence-corrected chi connectivity index (χ3v) is 4.95. The molecule has 0 aliphatic carbocycles. The van der Waals surface area contributed by atoms with E-state index in [0.29, 0.717) is 16.3 Å². The maximum atomic E-state index is 12.6. The molecule has 0 aliphatic rings. The summed E-state index contributed by atoms with van der Waals surface area (Å²) in [6.45, 7) is -0.0212. The average molecular weight is 365 g/mol. The van der Waals surface area contributed by atoms with Crippen LogP contribution in [0.3, 0.4) is 0 Å². The molecule has 7 heteroatoms. The fourth-order valence-corrected chi connectivity index (χ4v) is 3.38. The second-order valence-electron chi connectivity index (χ2n) is 5.02. The number of hydrogen-bond donors (Lipinski definition) is 1. The number of benzene rings is 2. The number of anilines is 1. The Labute approximate surface area is 146 Å². The number of primary amides is 1. The molecule has 2 rings (SSSR count). The van der Waals surface area contributed by atoms with Gasteiger partial charge in [0.15, 0.2) is 0 Å². The lowest BCUT2D eigenvalue weighted by Gasteiger charge is -2.22. The number of hydrogen-bond acceptors (Lipinski definition) is 3. The van der Waals surface area contributed by atoms with Gasteiger partial charge >= 0.3 is 0 Å². The van der Waals surface area contributed by atoms with Crippen molar-refractivity contribution in [3.8, 4) is 0 Å². The van der Waals surface area contributed by atoms with Crippen molar-refractivity contribution >= 4 is 39.3 Å². The fraction of sp³-hybridized carbons (Fsp3) is 0.118. The number of rotatable bonds is 7. The molecule has 0 bridgehead atoms. The Morgan fingerprint density at radius 2 is 1.71 bits per heavy atom. The van der Waals surface area contributed by atoms with Crippen molar-refractivity contribution in [2.75, 3.05) is 10.8 Å². The maximum Gasteiger partial charge on any atom is 0.257 e. The van der Waals surface area contributed by atoms with Crippen LogP contribution in [0.2, 0.25) is 5.02 Å². The number of carbonyl (C=O) groups excluding carboxylic acids is 1. The zero-order valence-electron chi connectivity index (χ0n) is 12.8. The molecule has 0 saturated heterocycles. The first-order chi connectivity index (χ1) is 11.4. The van der Waals surface area contributed by atoms with Gasteiger partial charge in [0, 0.05) is 18.0 Å². The minimum atomic E-state index is -3.77. The summed E-state index contributed by atoms with van der Waals surface area (Å²) in [7, 11) is -3.77. The smallest absolute Gasteiger partial charge is 0.257 e. The van der Waals surface area contributed by atoms with Crippen LogP contribution in [0.15, 0.2) is 60.0 Å². The van der Waals surface area contributed by atoms with E-state index in [1.165, 1.54) is 6.08 Å². The molecule has 0 atom stereocenters. The standard InChI is InChI=1S/C17H17ClN2O3S/c18-15-8-6-14(7-9-15)11-13-24(22,23)20(12-10-17(19)21)16-4-2-1-3-5-16/h1-9,11,13H,10,12H2,(H2,19,21)/b13-11+. The van der Waals surface area contributed by atoms with Gasteiger partial charge in [-0.3, -0.25) is 9.10 Å². The van der Waals surface area contributed by atoms with Gasteiger partial charge in [0.2, 0.25) is 5.91 Å². The van der Waals surface area contributed by atoms with E-state index in [1.54, 1.807) is 54.6 Å². The average Bonchev–Trinajstić information content (AvgIpc) is 2.55. The minimum Gasteiger partial charge on any atom is -0.370 e. The summed E-state index contributed by atoms with van der Waals surface area (Å²) in [6, 6.07) is 15.3. The molecular weight excluding hydrogens is 348 g/mol. The Bertz CT molecular complexity index is 819. The summed E-state index contributed by atoms with van der Waals surface area (Å²) in [5.41, 5.74) is 6.32. The lowest BCUT2D eigenvalue weighted by molar-refractivity contribution is -0.117. The van der Waals surface area contributed by atoms with Crippen molar-refractivity contribution in [2.24, 2.45) is 5.73 Å². The molecule has 2 aromatic rings. The van der Waals surface area contributed by atoms with Crippen molar-refractivity contribution in [2.45, 2.75) is 6.42 Å². The first kappa shape index (κ1) is 18.0. The summed E-state index contributed by atoms with van der Waals surface area (Å²) in [5, 5.41) is 1.67. The third kappa shape index (κ3) is 5.11. The van der Waals surface area contributed by atoms with Gasteiger partial charge in [0.25, 0.3) is 10.0 Å². The van der Waals surface area contributed by atoms with Gasteiger partial charge in [-0.05, 0) is 35.9 Å². The van der Waals surface area contributed by atoms with Gasteiger partial charge in [-0.25, -0.2) is 8.42 Å². The Kier molecular flexibility index (Phi) is 6.00. The van der Waals surface area contributed by atoms with Crippen LogP contribution < -0.4 is 10.0 Å². The van der Waals surface area contributed by atoms with Gasteiger partial charge in [-0.1, -0.05) is 41.9 Å². The zero-order chi connectivity index (χ0) is 17.6. The predicted octanol–water partition coefficient (Wildman–Crippen LogP) is 3.02. The second-order valence-corrected chi connectivity index (χ2v) is 7.20. The van der Waals surface area contributed by atoms with Crippen LogP contribution in [-0.2, 0) is 14.8 Å². The highest BCUT2D eigenvalue weighted by atomic mass is 35.5. The van der Waals surface area contributed by atoms with E-state index in [0.717, 1.165) is 9.71 Å². The van der Waals surface area contributed by atoms with Crippen molar-refractivity contribution in [1.82, 2.24) is 0 Å². The van der Waals surface area contributed by atoms with E-state index < -0.39 is 15.9 Å². The molecule has 0 unspecified atom stereocenters. The fourth-order valence-electron chi connectivity index (χ4n) is 2.02. The summed E-state index contributed by atoms with van der Waals surface area (Å²) in [5.74, 6) is -0.562. The summed E-state index contributed by atoms with van der Waals surface area (Å²) in [4.78, 5) is 11.0. The molecule has 5 nitrogen and oxygen atoms in total. The molecule has 126 valence electrons. The molecule has 0 aliphatic heterocycles. The number of nitrogens with zero attached hydrogens (tertiary/aromatic N) is 1. The SMILES string of the molecule is NC(=O)CCN(c1ccccc1)S(=O)(=O)/C=C/c1ccc(Cl)cc1. The number of halogens is 1. The number of sulfonamides is 1. The van der Waals surface area contributed by atoms with Gasteiger partial charge in [0.05, 0.1) is 11.1 Å². The Balaban J connectivity index is 2.29. The summed E-state index contributed by atoms with van der Waals surface area (Å²) < 4.78 is 26.4. The van der Waals surface area contributed by atoms with Crippen molar-refractivity contribution < 1.29 is 13.2 Å². The molecule has 0 radical (unpaired) electrons. The van der Waals surface area contributed by atoms with Gasteiger partial charge in [0.1, 0.15) is 0 Å². The van der Waals surface area contributed by atoms with Crippen LogP contribution in [0.5, 0.6) is 0 Å². The topological polar surface area (TPSA) is 80.5 Å². The number of para-hydroxylation sites is 1. The van der Waals surface area contributed by atoms with Crippen LogP contribution in [0.4, 0.5) is 5.69 Å². The highest BCUT2D eigenvalue weighted by Crippen LogP contribution is 2.20. The van der Waals surface area contributed by atoms with E-state index in [2.05, 4.69) is 0 Å². The largest absolute Gasteiger partial charge is 0.370 e. The van der Waals surface area contributed by atoms with E-state index >= 15 is 0 Å². The van der Waals surface area contributed by atoms with Gasteiger partial charge in [-0.2, -0.15) is 0 Å². The highest BCUT2D eigenvalue weighted by molar-refractivity contribution is 7.95. The molecule has 0 saturated carbocycles. The zero-order valence-corrected chi connectivity index (χ0v) is 14.4. The summed E-state index contributed by atoms with van der Waals surface area (Å²) >= 11 is 5.81. The van der Waals surface area contributed by atoms with Crippen LogP contribution >= 0.6 is 11.6 Å². The molecule has 0 fully saturated rings. The van der Waals surface area contributed by atoms with Gasteiger partial charge < -0.3 is 5.73 Å². The maximum absolute atomic E-state index is 12.6. The minimum absolute atomic E-state index is 0.0212. The Hall–Kier alpha value is -2.31. The lowest BCUT2D eigenvalue weighted by Crippen LogP contribution is -2.32. The predicted molar refractivity (Wildman–Crippen MR) is 97.0 cm³/mol. The molecule has 0 heterocycles. The Morgan fingerprint density at radius 3 is 2.29 bits per heavy atom. The first-order valence-electron chi connectivity index (χ1n) is 7.18.